The van der Waals surface area contributed by atoms with Gasteiger partial charge in [-0.15, -0.1) is 0 Å². The molecule has 1 aromatic rings. The van der Waals surface area contributed by atoms with Gasteiger partial charge >= 0.3 is 5.97 Å². The molecular formula is C13H17ClN2O2. The van der Waals surface area contributed by atoms with Crippen LogP contribution in [0.2, 0.25) is 5.02 Å². The molecule has 0 spiro atoms. The molecule has 1 atom stereocenters. The quantitative estimate of drug-likeness (QED) is 0.885. The number of nitrogens with zero attached hydrogens (tertiary/aromatic N) is 1. The second-order valence-electron chi connectivity index (χ2n) is 4.75. The van der Waals surface area contributed by atoms with Gasteiger partial charge in [0, 0.05) is 18.3 Å². The summed E-state index contributed by atoms with van der Waals surface area (Å²) < 4.78 is 0. The maximum absolute atomic E-state index is 11.0. The summed E-state index contributed by atoms with van der Waals surface area (Å²) in [6.45, 7) is 2.10. The van der Waals surface area contributed by atoms with Gasteiger partial charge in [-0.2, -0.15) is 0 Å². The van der Waals surface area contributed by atoms with Crippen LogP contribution in [0.4, 0.5) is 5.69 Å². The van der Waals surface area contributed by atoms with E-state index in [4.69, 9.17) is 16.7 Å². The van der Waals surface area contributed by atoms with Crippen LogP contribution >= 0.6 is 11.6 Å². The van der Waals surface area contributed by atoms with Crippen LogP contribution in [0.25, 0.3) is 0 Å². The predicted octanol–water partition coefficient (Wildman–Crippen LogP) is 2.54. The van der Waals surface area contributed by atoms with Crippen molar-refractivity contribution in [2.75, 3.05) is 25.5 Å². The molecule has 2 rings (SSSR count). The molecule has 0 amide bonds. The zero-order valence-corrected chi connectivity index (χ0v) is 11.1. The monoisotopic (exact) mass is 268 g/mol. The average Bonchev–Trinajstić information content (AvgIpc) is 2.31. The van der Waals surface area contributed by atoms with E-state index in [2.05, 4.69) is 17.3 Å². The van der Waals surface area contributed by atoms with E-state index in [1.807, 2.05) is 6.07 Å². The number of likely N-dealkylation sites (N-methyl/N-ethyl adjacent to an activating group) is 1. The summed E-state index contributed by atoms with van der Waals surface area (Å²) in [6, 6.07) is 5.41. The minimum Gasteiger partial charge on any atom is -0.478 e. The summed E-state index contributed by atoms with van der Waals surface area (Å²) in [4.78, 5) is 13.3. The topological polar surface area (TPSA) is 52.6 Å². The number of nitrogens with one attached hydrogen (secondary N) is 1. The van der Waals surface area contributed by atoms with Gasteiger partial charge in [-0.1, -0.05) is 11.6 Å². The number of carboxylic acid groups (broad SMARTS) is 1. The lowest BCUT2D eigenvalue weighted by Crippen LogP contribution is -2.39. The van der Waals surface area contributed by atoms with E-state index in [9.17, 15) is 4.79 Å². The summed E-state index contributed by atoms with van der Waals surface area (Å²) >= 11 is 5.84. The molecule has 1 fully saturated rings. The van der Waals surface area contributed by atoms with E-state index < -0.39 is 5.97 Å². The molecule has 1 saturated heterocycles. The van der Waals surface area contributed by atoms with Gasteiger partial charge < -0.3 is 15.3 Å². The number of likely N-dealkylation sites (tertiary alicyclic amines) is 1. The van der Waals surface area contributed by atoms with Crippen LogP contribution < -0.4 is 5.32 Å². The molecule has 1 aliphatic heterocycles. The number of rotatable bonds is 3. The maximum atomic E-state index is 11.0. The molecule has 0 aromatic heterocycles. The summed E-state index contributed by atoms with van der Waals surface area (Å²) in [5.74, 6) is -0.996. The maximum Gasteiger partial charge on any atom is 0.337 e. The fourth-order valence-electron chi connectivity index (χ4n) is 2.30. The molecule has 18 heavy (non-hydrogen) atoms. The van der Waals surface area contributed by atoms with Crippen LogP contribution in [0, 0.1) is 0 Å². The van der Waals surface area contributed by atoms with Gasteiger partial charge in [0.15, 0.2) is 0 Å². The van der Waals surface area contributed by atoms with Crippen molar-refractivity contribution in [3.05, 3.63) is 28.8 Å². The number of anilines is 1. The van der Waals surface area contributed by atoms with Crippen molar-refractivity contribution in [3.8, 4) is 0 Å². The molecule has 5 heteroatoms. The lowest BCUT2D eigenvalue weighted by atomic mass is 10.1. The van der Waals surface area contributed by atoms with Gasteiger partial charge in [-0.25, -0.2) is 4.79 Å². The molecule has 4 nitrogen and oxygen atoms in total. The van der Waals surface area contributed by atoms with Crippen LogP contribution in [-0.4, -0.2) is 42.2 Å². The lowest BCUT2D eigenvalue weighted by molar-refractivity contribution is 0.0697. The number of halogens is 1. The number of aromatic carboxylic acids is 1. The molecule has 0 radical (unpaired) electrons. The normalized spacial score (nSPS) is 20.7. The Bertz CT molecular complexity index is 451. The first-order chi connectivity index (χ1) is 8.56. The molecular weight excluding hydrogens is 252 g/mol. The summed E-state index contributed by atoms with van der Waals surface area (Å²) in [7, 11) is 2.10. The third-order valence-corrected chi connectivity index (χ3v) is 3.52. The van der Waals surface area contributed by atoms with Crippen molar-refractivity contribution < 1.29 is 9.90 Å². The van der Waals surface area contributed by atoms with Gasteiger partial charge in [-0.3, -0.25) is 0 Å². The fourth-order valence-corrected chi connectivity index (χ4v) is 2.50. The summed E-state index contributed by atoms with van der Waals surface area (Å²) in [6.07, 6.45) is 2.27. The Morgan fingerprint density at radius 3 is 3.00 bits per heavy atom. The first-order valence-corrected chi connectivity index (χ1v) is 6.42. The molecule has 1 aliphatic rings. The average molecular weight is 269 g/mol. The Balaban J connectivity index is 2.09. The van der Waals surface area contributed by atoms with Crippen molar-refractivity contribution in [2.24, 2.45) is 0 Å². The SMILES string of the molecule is CN1CCCC(Nc2ccc(Cl)c(C(=O)O)c2)C1. The van der Waals surface area contributed by atoms with Gasteiger partial charge in [0.1, 0.15) is 0 Å². The van der Waals surface area contributed by atoms with E-state index >= 15 is 0 Å². The van der Waals surface area contributed by atoms with E-state index in [1.54, 1.807) is 12.1 Å². The van der Waals surface area contributed by atoms with Crippen LogP contribution in [0.5, 0.6) is 0 Å². The van der Waals surface area contributed by atoms with Crippen LogP contribution in [-0.2, 0) is 0 Å². The van der Waals surface area contributed by atoms with Crippen molar-refractivity contribution >= 4 is 23.3 Å². The first kappa shape index (κ1) is 13.2. The van der Waals surface area contributed by atoms with Gasteiger partial charge in [-0.05, 0) is 44.6 Å². The van der Waals surface area contributed by atoms with Crippen molar-refractivity contribution in [1.29, 1.82) is 0 Å². The molecule has 2 N–H and O–H groups in total. The van der Waals surface area contributed by atoms with Gasteiger partial charge in [0.25, 0.3) is 0 Å². The number of benzene rings is 1. The van der Waals surface area contributed by atoms with Gasteiger partial charge in [0.05, 0.1) is 10.6 Å². The lowest BCUT2D eigenvalue weighted by Gasteiger charge is -2.31. The molecule has 98 valence electrons. The molecule has 0 aliphatic carbocycles. The Labute approximate surface area is 112 Å². The highest BCUT2D eigenvalue weighted by Gasteiger charge is 2.17. The summed E-state index contributed by atoms with van der Waals surface area (Å²) in [5, 5.41) is 12.7. The van der Waals surface area contributed by atoms with E-state index in [0.717, 1.165) is 31.6 Å². The third-order valence-electron chi connectivity index (χ3n) is 3.19. The minimum absolute atomic E-state index is 0.144. The number of carboxylic acids is 1. The van der Waals surface area contributed by atoms with Crippen LogP contribution in [0.3, 0.4) is 0 Å². The third kappa shape index (κ3) is 3.15. The zero-order valence-electron chi connectivity index (χ0n) is 10.3. The molecule has 0 bridgehead atoms. The number of piperidine rings is 1. The molecule has 0 saturated carbocycles. The standard InChI is InChI=1S/C13H17ClN2O2/c1-16-6-2-3-10(8-16)15-9-4-5-12(14)11(7-9)13(17)18/h4-5,7,10,15H,2-3,6,8H2,1H3,(H,17,18). The first-order valence-electron chi connectivity index (χ1n) is 6.04. The highest BCUT2D eigenvalue weighted by Crippen LogP contribution is 2.22. The van der Waals surface area contributed by atoms with Gasteiger partial charge in [0.2, 0.25) is 0 Å². The van der Waals surface area contributed by atoms with Crippen molar-refractivity contribution in [2.45, 2.75) is 18.9 Å². The van der Waals surface area contributed by atoms with E-state index in [1.165, 1.54) is 0 Å². The summed E-state index contributed by atoms with van der Waals surface area (Å²) in [5.41, 5.74) is 0.961. The number of hydrogen-bond acceptors (Lipinski definition) is 3. The Morgan fingerprint density at radius 1 is 1.56 bits per heavy atom. The minimum atomic E-state index is -0.996. The Kier molecular flexibility index (Phi) is 4.09. The molecule has 1 aromatic carbocycles. The highest BCUT2D eigenvalue weighted by atomic mass is 35.5. The Morgan fingerprint density at radius 2 is 2.33 bits per heavy atom. The fraction of sp³-hybridized carbons (Fsp3) is 0.462. The van der Waals surface area contributed by atoms with Crippen molar-refractivity contribution in [1.82, 2.24) is 4.90 Å². The smallest absolute Gasteiger partial charge is 0.337 e. The van der Waals surface area contributed by atoms with E-state index in [-0.39, 0.29) is 10.6 Å². The largest absolute Gasteiger partial charge is 0.478 e. The molecule has 1 heterocycles. The second kappa shape index (κ2) is 5.59. The van der Waals surface area contributed by atoms with Crippen molar-refractivity contribution in [3.63, 3.8) is 0 Å². The number of hydrogen-bond donors (Lipinski definition) is 2. The Hall–Kier alpha value is -1.26. The van der Waals surface area contributed by atoms with Crippen LogP contribution in [0.1, 0.15) is 23.2 Å². The van der Waals surface area contributed by atoms with Crippen LogP contribution in [0.15, 0.2) is 18.2 Å². The highest BCUT2D eigenvalue weighted by molar-refractivity contribution is 6.33. The molecule has 1 unspecified atom stereocenters. The zero-order chi connectivity index (χ0) is 13.1. The van der Waals surface area contributed by atoms with E-state index in [0.29, 0.717) is 6.04 Å². The second-order valence-corrected chi connectivity index (χ2v) is 5.15. The predicted molar refractivity (Wildman–Crippen MR) is 72.6 cm³/mol. The number of carbonyl (C=O) groups is 1.